The highest BCUT2D eigenvalue weighted by Gasteiger charge is 2.39. The second-order valence-electron chi connectivity index (χ2n) is 6.18. The van der Waals surface area contributed by atoms with E-state index in [1.54, 1.807) is 0 Å². The maximum absolute atomic E-state index is 5.39. The Morgan fingerprint density at radius 2 is 1.93 bits per heavy atom. The summed E-state index contributed by atoms with van der Waals surface area (Å²) in [4.78, 5) is 1.24. The molecule has 0 heterocycles. The predicted octanol–water partition coefficient (Wildman–Crippen LogP) is 4.47. The van der Waals surface area contributed by atoms with Crippen molar-refractivity contribution >= 4 is 17.1 Å². The third-order valence-electron chi connectivity index (χ3n) is 3.45. The van der Waals surface area contributed by atoms with Gasteiger partial charge in [0.15, 0.2) is 0 Å². The van der Waals surface area contributed by atoms with E-state index in [-0.39, 0.29) is 0 Å². The molecule has 0 aromatic heterocycles. The molecule has 0 radical (unpaired) electrons. The molecule has 1 fully saturated rings. The van der Waals surface area contributed by atoms with Crippen LogP contribution in [0.2, 0.25) is 0 Å². The van der Waals surface area contributed by atoms with E-state index in [1.807, 2.05) is 0 Å². The van der Waals surface area contributed by atoms with Gasteiger partial charge in [-0.05, 0) is 54.2 Å². The van der Waals surface area contributed by atoms with Crippen LogP contribution < -0.4 is 0 Å². The van der Waals surface area contributed by atoms with E-state index in [0.29, 0.717) is 11.3 Å². The van der Waals surface area contributed by atoms with Crippen LogP contribution in [0.1, 0.15) is 53.9 Å². The quantitative estimate of drug-likeness (QED) is 0.622. The molecule has 0 spiro atoms. The van der Waals surface area contributed by atoms with Crippen molar-refractivity contribution in [2.75, 3.05) is 0 Å². The Morgan fingerprint density at radius 1 is 1.36 bits per heavy atom. The molecule has 14 heavy (non-hydrogen) atoms. The molecular weight excluding hydrogens is 188 g/mol. The van der Waals surface area contributed by atoms with Gasteiger partial charge >= 0.3 is 0 Å². The maximum atomic E-state index is 5.39. The Bertz CT molecular complexity index is 215. The smallest absolute Gasteiger partial charge is 0.00672 e. The first-order chi connectivity index (χ1) is 6.32. The van der Waals surface area contributed by atoms with Crippen LogP contribution >= 0.6 is 12.2 Å². The summed E-state index contributed by atoms with van der Waals surface area (Å²) >= 11 is 5.39. The fraction of sp³-hybridized carbons (Fsp3) is 0.923. The lowest BCUT2D eigenvalue weighted by Crippen LogP contribution is -2.16. The van der Waals surface area contributed by atoms with E-state index in [2.05, 4.69) is 34.6 Å². The van der Waals surface area contributed by atoms with Gasteiger partial charge in [0.25, 0.3) is 0 Å². The van der Waals surface area contributed by atoms with Gasteiger partial charge in [-0.2, -0.15) is 0 Å². The SMILES string of the molecule is CC(=S)C1CC(C)(C)CC1CC(C)C. The van der Waals surface area contributed by atoms with Crippen molar-refractivity contribution < 1.29 is 0 Å². The van der Waals surface area contributed by atoms with Crippen LogP contribution in [0, 0.1) is 23.2 Å². The van der Waals surface area contributed by atoms with Crippen LogP contribution in [0.4, 0.5) is 0 Å². The summed E-state index contributed by atoms with van der Waals surface area (Å²) in [7, 11) is 0. The monoisotopic (exact) mass is 212 g/mol. The normalized spacial score (nSPS) is 31.0. The molecule has 1 aliphatic rings. The maximum Gasteiger partial charge on any atom is -0.00672 e. The zero-order valence-corrected chi connectivity index (χ0v) is 11.1. The van der Waals surface area contributed by atoms with Gasteiger partial charge in [-0.15, -0.1) is 0 Å². The number of thiocarbonyl (C=S) groups is 1. The van der Waals surface area contributed by atoms with Crippen molar-refractivity contribution in [3.05, 3.63) is 0 Å². The Hall–Kier alpha value is 0.0900. The first-order valence-electron chi connectivity index (χ1n) is 5.82. The second-order valence-corrected chi connectivity index (χ2v) is 6.82. The summed E-state index contributed by atoms with van der Waals surface area (Å²) in [5.74, 6) is 2.37. The first-order valence-corrected chi connectivity index (χ1v) is 6.23. The third-order valence-corrected chi connectivity index (χ3v) is 3.76. The fourth-order valence-electron chi connectivity index (χ4n) is 3.03. The standard InChI is InChI=1S/C13H24S/c1-9(2)6-11-7-13(4,5)8-12(11)10(3)14/h9,11-12H,6-8H2,1-5H3. The van der Waals surface area contributed by atoms with Crippen LogP contribution in [-0.2, 0) is 0 Å². The van der Waals surface area contributed by atoms with E-state index < -0.39 is 0 Å². The molecule has 0 N–H and O–H groups in total. The summed E-state index contributed by atoms with van der Waals surface area (Å²) in [6, 6.07) is 0. The van der Waals surface area contributed by atoms with Crippen LogP contribution in [0.15, 0.2) is 0 Å². The summed E-state index contributed by atoms with van der Waals surface area (Å²) in [6.07, 6.45) is 4.02. The number of hydrogen-bond acceptors (Lipinski definition) is 1. The molecule has 0 aromatic carbocycles. The van der Waals surface area contributed by atoms with Gasteiger partial charge in [0, 0.05) is 0 Å². The Kier molecular flexibility index (Phi) is 3.74. The molecule has 0 bridgehead atoms. The van der Waals surface area contributed by atoms with Gasteiger partial charge in [-0.25, -0.2) is 0 Å². The fourth-order valence-corrected chi connectivity index (χ4v) is 3.30. The number of rotatable bonds is 3. The second kappa shape index (κ2) is 4.30. The topological polar surface area (TPSA) is 0 Å². The largest absolute Gasteiger partial charge is 0.0897 e. The summed E-state index contributed by atoms with van der Waals surface area (Å²) in [5, 5.41) is 0. The van der Waals surface area contributed by atoms with Crippen LogP contribution in [0.25, 0.3) is 0 Å². The lowest BCUT2D eigenvalue weighted by Gasteiger charge is -2.20. The third kappa shape index (κ3) is 3.05. The highest BCUT2D eigenvalue weighted by atomic mass is 32.1. The Labute approximate surface area is 94.5 Å². The molecule has 1 rings (SSSR count). The van der Waals surface area contributed by atoms with E-state index in [9.17, 15) is 0 Å². The molecule has 1 aliphatic carbocycles. The van der Waals surface area contributed by atoms with Gasteiger partial charge in [0.1, 0.15) is 0 Å². The van der Waals surface area contributed by atoms with Crippen LogP contribution in [-0.4, -0.2) is 4.86 Å². The van der Waals surface area contributed by atoms with Crippen molar-refractivity contribution in [2.24, 2.45) is 23.2 Å². The zero-order valence-electron chi connectivity index (χ0n) is 10.3. The number of hydrogen-bond donors (Lipinski definition) is 0. The summed E-state index contributed by atoms with van der Waals surface area (Å²) in [5.41, 5.74) is 0.518. The van der Waals surface area contributed by atoms with Crippen molar-refractivity contribution in [2.45, 2.75) is 53.9 Å². The predicted molar refractivity (Wildman–Crippen MR) is 67.7 cm³/mol. The molecule has 1 saturated carbocycles. The van der Waals surface area contributed by atoms with Crippen molar-refractivity contribution in [3.8, 4) is 0 Å². The van der Waals surface area contributed by atoms with Crippen LogP contribution in [0.3, 0.4) is 0 Å². The molecule has 2 unspecified atom stereocenters. The molecule has 0 amide bonds. The highest BCUT2D eigenvalue weighted by Crippen LogP contribution is 2.47. The van der Waals surface area contributed by atoms with Crippen molar-refractivity contribution in [1.82, 2.24) is 0 Å². The summed E-state index contributed by atoms with van der Waals surface area (Å²) < 4.78 is 0. The molecule has 0 aliphatic heterocycles. The lowest BCUT2D eigenvalue weighted by atomic mass is 9.86. The molecule has 0 nitrogen and oxygen atoms in total. The summed E-state index contributed by atoms with van der Waals surface area (Å²) in [6.45, 7) is 11.5. The molecule has 1 heteroatoms. The van der Waals surface area contributed by atoms with Gasteiger partial charge in [0.2, 0.25) is 0 Å². The van der Waals surface area contributed by atoms with Gasteiger partial charge in [-0.1, -0.05) is 39.9 Å². The van der Waals surface area contributed by atoms with Gasteiger partial charge in [0.05, 0.1) is 0 Å². The van der Waals surface area contributed by atoms with E-state index in [1.165, 1.54) is 24.1 Å². The molecule has 0 saturated heterocycles. The minimum Gasteiger partial charge on any atom is -0.0897 e. The molecule has 2 atom stereocenters. The zero-order chi connectivity index (χ0) is 10.9. The van der Waals surface area contributed by atoms with Gasteiger partial charge in [-0.3, -0.25) is 0 Å². The molecule has 0 aromatic rings. The van der Waals surface area contributed by atoms with E-state index >= 15 is 0 Å². The van der Waals surface area contributed by atoms with Crippen LogP contribution in [0.5, 0.6) is 0 Å². The highest BCUT2D eigenvalue weighted by molar-refractivity contribution is 7.80. The van der Waals surface area contributed by atoms with E-state index in [0.717, 1.165) is 11.8 Å². The minimum atomic E-state index is 0.518. The first kappa shape index (κ1) is 12.2. The Morgan fingerprint density at radius 3 is 2.36 bits per heavy atom. The Balaban J connectivity index is 2.67. The van der Waals surface area contributed by atoms with Gasteiger partial charge < -0.3 is 0 Å². The van der Waals surface area contributed by atoms with Crippen molar-refractivity contribution in [3.63, 3.8) is 0 Å². The minimum absolute atomic E-state index is 0.518. The average Bonchev–Trinajstić information content (AvgIpc) is 2.24. The molecule has 82 valence electrons. The average molecular weight is 212 g/mol. The molecular formula is C13H24S. The van der Waals surface area contributed by atoms with E-state index in [4.69, 9.17) is 12.2 Å². The van der Waals surface area contributed by atoms with Crippen molar-refractivity contribution in [1.29, 1.82) is 0 Å². The lowest BCUT2D eigenvalue weighted by molar-refractivity contribution is 0.335.